The number of carbonyl (C=O) groups is 2. The SMILES string of the molecule is Cc1ccc(S(=O)(=O)N(CC(=O)N(Cc2ccccc2Cl)[C@@H](Cc2ccccc2)C(=O)NC2CCCCC2)c2ccc(Cl)c(C(F)(F)F)c2)cc1. The number of nitrogens with zero attached hydrogens (tertiary/aromatic N) is 2. The van der Waals surface area contributed by atoms with Gasteiger partial charge in [0.1, 0.15) is 12.6 Å². The van der Waals surface area contributed by atoms with Crippen LogP contribution in [0.4, 0.5) is 18.9 Å². The smallest absolute Gasteiger partial charge is 0.352 e. The number of sulfonamides is 1. The van der Waals surface area contributed by atoms with Crippen molar-refractivity contribution < 1.29 is 31.2 Å². The molecule has 4 aromatic carbocycles. The van der Waals surface area contributed by atoms with Crippen molar-refractivity contribution >= 4 is 50.7 Å². The molecule has 0 unspecified atom stereocenters. The molecule has 51 heavy (non-hydrogen) atoms. The van der Waals surface area contributed by atoms with Crippen LogP contribution in [0.3, 0.4) is 0 Å². The van der Waals surface area contributed by atoms with Gasteiger partial charge in [-0.25, -0.2) is 8.42 Å². The normalized spacial score (nSPS) is 14.5. The number of carbonyl (C=O) groups excluding carboxylic acids is 2. The Bertz CT molecular complexity index is 1940. The first-order valence-corrected chi connectivity index (χ1v) is 18.8. The van der Waals surface area contributed by atoms with Gasteiger partial charge in [-0.3, -0.25) is 13.9 Å². The summed E-state index contributed by atoms with van der Waals surface area (Å²) in [5, 5.41) is 2.80. The molecule has 0 aliphatic heterocycles. The molecule has 2 amide bonds. The summed E-state index contributed by atoms with van der Waals surface area (Å²) in [6.45, 7) is 0.646. The molecule has 0 radical (unpaired) electrons. The van der Waals surface area contributed by atoms with Crippen LogP contribution in [0.1, 0.15) is 54.4 Å². The van der Waals surface area contributed by atoms with E-state index < -0.39 is 56.9 Å². The van der Waals surface area contributed by atoms with Gasteiger partial charge in [-0.15, -0.1) is 0 Å². The number of nitrogens with one attached hydrogen (secondary N) is 1. The molecule has 270 valence electrons. The van der Waals surface area contributed by atoms with Crippen LogP contribution in [0.5, 0.6) is 0 Å². The highest BCUT2D eigenvalue weighted by Crippen LogP contribution is 2.38. The highest BCUT2D eigenvalue weighted by molar-refractivity contribution is 7.92. The summed E-state index contributed by atoms with van der Waals surface area (Å²) in [6, 6.07) is 23.0. The maximum absolute atomic E-state index is 14.7. The van der Waals surface area contributed by atoms with E-state index in [4.69, 9.17) is 23.2 Å². The predicted molar refractivity (Wildman–Crippen MR) is 193 cm³/mol. The first kappa shape index (κ1) is 38.2. The number of hydrogen-bond donors (Lipinski definition) is 1. The molecule has 1 N–H and O–H groups in total. The average molecular weight is 761 g/mol. The molecule has 7 nitrogen and oxygen atoms in total. The molecule has 0 heterocycles. The van der Waals surface area contributed by atoms with Crippen LogP contribution in [0, 0.1) is 6.92 Å². The van der Waals surface area contributed by atoms with Gasteiger partial charge in [-0.1, -0.05) is 109 Å². The number of hydrogen-bond acceptors (Lipinski definition) is 4. The third kappa shape index (κ3) is 9.64. The fourth-order valence-electron chi connectivity index (χ4n) is 6.16. The second-order valence-electron chi connectivity index (χ2n) is 12.6. The highest BCUT2D eigenvalue weighted by atomic mass is 35.5. The van der Waals surface area contributed by atoms with Crippen LogP contribution in [0.25, 0.3) is 0 Å². The Labute approximate surface area is 306 Å². The molecule has 1 saturated carbocycles. The Balaban J connectivity index is 1.62. The van der Waals surface area contributed by atoms with Crippen molar-refractivity contribution in [1.82, 2.24) is 10.2 Å². The van der Waals surface area contributed by atoms with Crippen molar-refractivity contribution in [1.29, 1.82) is 0 Å². The van der Waals surface area contributed by atoms with E-state index in [9.17, 15) is 31.2 Å². The van der Waals surface area contributed by atoms with Gasteiger partial charge in [0.15, 0.2) is 0 Å². The first-order valence-electron chi connectivity index (χ1n) is 16.6. The zero-order chi connectivity index (χ0) is 36.8. The fraction of sp³-hybridized carbons (Fsp3) is 0.316. The van der Waals surface area contributed by atoms with Gasteiger partial charge in [0.2, 0.25) is 11.8 Å². The second kappa shape index (κ2) is 16.5. The van der Waals surface area contributed by atoms with Crippen molar-refractivity contribution in [2.45, 2.75) is 75.1 Å². The fourth-order valence-corrected chi connectivity index (χ4v) is 7.99. The minimum atomic E-state index is -4.91. The largest absolute Gasteiger partial charge is 0.417 e. The van der Waals surface area contributed by atoms with Crippen LogP contribution in [0.15, 0.2) is 102 Å². The van der Waals surface area contributed by atoms with E-state index in [0.717, 1.165) is 55.4 Å². The number of rotatable bonds is 12. The average Bonchev–Trinajstić information content (AvgIpc) is 3.10. The second-order valence-corrected chi connectivity index (χ2v) is 15.3. The molecule has 0 saturated heterocycles. The lowest BCUT2D eigenvalue weighted by atomic mass is 9.94. The third-order valence-corrected chi connectivity index (χ3v) is 11.4. The van der Waals surface area contributed by atoms with Gasteiger partial charge >= 0.3 is 6.18 Å². The Kier molecular flexibility index (Phi) is 12.4. The summed E-state index contributed by atoms with van der Waals surface area (Å²) in [7, 11) is -4.63. The predicted octanol–water partition coefficient (Wildman–Crippen LogP) is 8.60. The molecule has 13 heteroatoms. The number of aryl methyl sites for hydroxylation is 1. The summed E-state index contributed by atoms with van der Waals surface area (Å²) in [5.41, 5.74) is 0.301. The topological polar surface area (TPSA) is 86.8 Å². The Morgan fingerprint density at radius 3 is 2.16 bits per heavy atom. The number of anilines is 1. The summed E-state index contributed by atoms with van der Waals surface area (Å²) < 4.78 is 71.3. The maximum atomic E-state index is 14.7. The van der Waals surface area contributed by atoms with E-state index in [1.807, 2.05) is 18.2 Å². The molecule has 1 aliphatic rings. The Morgan fingerprint density at radius 2 is 1.51 bits per heavy atom. The van der Waals surface area contributed by atoms with E-state index in [2.05, 4.69) is 5.32 Å². The summed E-state index contributed by atoms with van der Waals surface area (Å²) >= 11 is 12.5. The maximum Gasteiger partial charge on any atom is 0.417 e. The lowest BCUT2D eigenvalue weighted by molar-refractivity contribution is -0.140. The Hall–Kier alpha value is -4.06. The molecule has 5 rings (SSSR count). The third-order valence-electron chi connectivity index (χ3n) is 8.95. The molecule has 0 spiro atoms. The van der Waals surface area contributed by atoms with Gasteiger partial charge in [0, 0.05) is 24.0 Å². The van der Waals surface area contributed by atoms with Crippen LogP contribution in [-0.2, 0) is 38.8 Å². The molecular formula is C38H38Cl2F3N3O4S. The quantitative estimate of drug-likeness (QED) is 0.157. The summed E-state index contributed by atoms with van der Waals surface area (Å²) in [5.74, 6) is -1.25. The number of alkyl halides is 3. The Morgan fingerprint density at radius 1 is 0.863 bits per heavy atom. The van der Waals surface area contributed by atoms with Crippen molar-refractivity contribution in [3.8, 4) is 0 Å². The number of amides is 2. The van der Waals surface area contributed by atoms with Gasteiger partial charge < -0.3 is 10.2 Å². The van der Waals surface area contributed by atoms with Crippen LogP contribution in [-0.4, -0.2) is 43.8 Å². The summed E-state index contributed by atoms with van der Waals surface area (Å²) in [4.78, 5) is 30.0. The minimum Gasteiger partial charge on any atom is -0.352 e. The van der Waals surface area contributed by atoms with E-state index in [1.54, 1.807) is 55.5 Å². The van der Waals surface area contributed by atoms with Gasteiger partial charge in [-0.05, 0) is 67.3 Å². The lowest BCUT2D eigenvalue weighted by Gasteiger charge is -2.35. The first-order chi connectivity index (χ1) is 24.2. The van der Waals surface area contributed by atoms with Crippen LogP contribution < -0.4 is 9.62 Å². The number of halogens is 5. The molecule has 1 aliphatic carbocycles. The zero-order valence-corrected chi connectivity index (χ0v) is 30.2. The van der Waals surface area contributed by atoms with Crippen molar-refractivity contribution in [3.05, 3.63) is 129 Å². The van der Waals surface area contributed by atoms with Gasteiger partial charge in [0.25, 0.3) is 10.0 Å². The minimum absolute atomic E-state index is 0.0828. The molecule has 1 fully saturated rings. The molecular weight excluding hydrogens is 722 g/mol. The molecule has 4 aromatic rings. The van der Waals surface area contributed by atoms with Crippen LogP contribution >= 0.6 is 23.2 Å². The number of benzene rings is 4. The molecule has 0 aromatic heterocycles. The monoisotopic (exact) mass is 759 g/mol. The highest BCUT2D eigenvalue weighted by Gasteiger charge is 2.38. The standard InChI is InChI=1S/C38H38Cl2F3N3O4S/c1-26-16-19-31(20-17-26)51(49,50)46(30-18-21-34(40)32(23-30)38(41,42)43)25-36(47)45(24-28-12-8-9-15-33(28)39)35(22-27-10-4-2-5-11-27)37(48)44-29-13-6-3-7-14-29/h2,4-5,8-12,15-21,23,29,35H,3,6-7,13-14,22,24-25H2,1H3,(H,44,48)/t35-/m0/s1. The van der Waals surface area contributed by atoms with Gasteiger partial charge in [-0.2, -0.15) is 13.2 Å². The molecule has 0 bridgehead atoms. The van der Waals surface area contributed by atoms with Gasteiger partial charge in [0.05, 0.1) is 21.2 Å². The van der Waals surface area contributed by atoms with E-state index in [0.29, 0.717) is 21.0 Å². The van der Waals surface area contributed by atoms with Crippen LogP contribution in [0.2, 0.25) is 10.0 Å². The molecule has 1 atom stereocenters. The zero-order valence-electron chi connectivity index (χ0n) is 27.9. The summed E-state index contributed by atoms with van der Waals surface area (Å²) in [6.07, 6.45) is -0.314. The van der Waals surface area contributed by atoms with Crippen molar-refractivity contribution in [3.63, 3.8) is 0 Å². The van der Waals surface area contributed by atoms with E-state index in [1.165, 1.54) is 17.0 Å². The van der Waals surface area contributed by atoms with E-state index >= 15 is 0 Å². The van der Waals surface area contributed by atoms with E-state index in [-0.39, 0.29) is 23.9 Å². The van der Waals surface area contributed by atoms with Crippen molar-refractivity contribution in [2.24, 2.45) is 0 Å². The lowest BCUT2D eigenvalue weighted by Crippen LogP contribution is -2.55. The van der Waals surface area contributed by atoms with Crippen molar-refractivity contribution in [2.75, 3.05) is 10.8 Å².